The largest absolute Gasteiger partial charge is 0.455 e. The number of carbonyl (C=O) groups excluding carboxylic acids is 1. The van der Waals surface area contributed by atoms with Gasteiger partial charge in [-0.3, -0.25) is 0 Å². The molecule has 5 nitrogen and oxygen atoms in total. The molecule has 0 saturated carbocycles. The van der Waals surface area contributed by atoms with Crippen LogP contribution >= 0.6 is 11.6 Å². The first-order valence-corrected chi connectivity index (χ1v) is 6.80. The highest BCUT2D eigenvalue weighted by atomic mass is 35.5. The van der Waals surface area contributed by atoms with Crippen molar-refractivity contribution in [3.05, 3.63) is 46.7 Å². The van der Waals surface area contributed by atoms with Crippen LogP contribution in [0.3, 0.4) is 0 Å². The molecule has 1 amide bonds. The molecule has 0 unspecified atom stereocenters. The van der Waals surface area contributed by atoms with Crippen LogP contribution in [0.5, 0.6) is 0 Å². The van der Waals surface area contributed by atoms with Crippen molar-refractivity contribution >= 4 is 23.9 Å². The summed E-state index contributed by atoms with van der Waals surface area (Å²) in [5.74, 6) is 1.19. The van der Waals surface area contributed by atoms with Gasteiger partial charge in [-0.2, -0.15) is 5.10 Å². The molecular weight excluding hydrogens is 292 g/mol. The van der Waals surface area contributed by atoms with Gasteiger partial charge in [0.1, 0.15) is 11.5 Å². The molecule has 0 radical (unpaired) electrons. The van der Waals surface area contributed by atoms with Crippen LogP contribution in [0.4, 0.5) is 4.79 Å². The molecule has 0 saturated heterocycles. The van der Waals surface area contributed by atoms with Gasteiger partial charge in [0.05, 0.1) is 12.8 Å². The molecule has 0 bridgehead atoms. The van der Waals surface area contributed by atoms with Gasteiger partial charge in [0.15, 0.2) is 0 Å². The van der Waals surface area contributed by atoms with Crippen molar-refractivity contribution in [1.82, 2.24) is 5.43 Å². The van der Waals surface area contributed by atoms with E-state index in [9.17, 15) is 4.79 Å². The Kier molecular flexibility index (Phi) is 5.00. The Bertz CT molecular complexity index is 665. The van der Waals surface area contributed by atoms with Crippen molar-refractivity contribution < 1.29 is 13.9 Å². The molecule has 0 atom stereocenters. The Morgan fingerprint density at radius 2 is 2.24 bits per heavy atom. The molecule has 1 N–H and O–H groups in total. The molecule has 2 aromatic rings. The lowest BCUT2D eigenvalue weighted by Gasteiger charge is -2.00. The standard InChI is InChI=1S/C15H15ClN2O3/c1-3-20-15(19)18-17-9-12-6-7-14(21-12)11-5-4-10(2)13(16)8-11/h4-9H,3H2,1-2H3,(H,18,19). The van der Waals surface area contributed by atoms with Crippen molar-refractivity contribution in [3.63, 3.8) is 0 Å². The normalized spacial score (nSPS) is 10.8. The van der Waals surface area contributed by atoms with Crippen molar-refractivity contribution in [2.75, 3.05) is 6.61 Å². The number of ether oxygens (including phenoxy) is 1. The van der Waals surface area contributed by atoms with E-state index in [-0.39, 0.29) is 0 Å². The molecule has 0 spiro atoms. The predicted octanol–water partition coefficient (Wildman–Crippen LogP) is 3.99. The smallest absolute Gasteiger partial charge is 0.427 e. The molecule has 6 heteroatoms. The maximum absolute atomic E-state index is 11.0. The fourth-order valence-corrected chi connectivity index (χ4v) is 1.82. The third-order valence-electron chi connectivity index (χ3n) is 2.71. The summed E-state index contributed by atoms with van der Waals surface area (Å²) in [6, 6.07) is 9.26. The quantitative estimate of drug-likeness (QED) is 0.686. The number of aryl methyl sites for hydroxylation is 1. The zero-order valence-corrected chi connectivity index (χ0v) is 12.5. The summed E-state index contributed by atoms with van der Waals surface area (Å²) in [5, 5.41) is 4.41. The van der Waals surface area contributed by atoms with Gasteiger partial charge in [0, 0.05) is 10.6 Å². The third-order valence-corrected chi connectivity index (χ3v) is 3.11. The number of carbonyl (C=O) groups is 1. The molecule has 1 aromatic carbocycles. The van der Waals surface area contributed by atoms with Gasteiger partial charge in [-0.05, 0) is 37.6 Å². The molecule has 1 aromatic heterocycles. The van der Waals surface area contributed by atoms with Crippen molar-refractivity contribution in [2.24, 2.45) is 5.10 Å². The van der Waals surface area contributed by atoms with Crippen LogP contribution in [0.2, 0.25) is 5.02 Å². The van der Waals surface area contributed by atoms with Crippen LogP contribution in [-0.2, 0) is 4.74 Å². The minimum absolute atomic E-state index is 0.292. The van der Waals surface area contributed by atoms with Crippen molar-refractivity contribution in [2.45, 2.75) is 13.8 Å². The minimum atomic E-state index is -0.606. The topological polar surface area (TPSA) is 63.8 Å². The van der Waals surface area contributed by atoms with Crippen molar-refractivity contribution in [1.29, 1.82) is 0 Å². The SMILES string of the molecule is CCOC(=O)NN=Cc1ccc(-c2ccc(C)c(Cl)c2)o1. The summed E-state index contributed by atoms with van der Waals surface area (Å²) in [5.41, 5.74) is 4.11. The van der Waals surface area contributed by atoms with E-state index in [2.05, 4.69) is 15.3 Å². The fraction of sp³-hybridized carbons (Fsp3) is 0.200. The summed E-state index contributed by atoms with van der Waals surface area (Å²) in [6.07, 6.45) is 0.793. The Morgan fingerprint density at radius 3 is 2.95 bits per heavy atom. The average Bonchev–Trinajstić information content (AvgIpc) is 2.91. The van der Waals surface area contributed by atoms with Crippen LogP contribution in [0.15, 0.2) is 39.9 Å². The number of halogens is 1. The number of rotatable bonds is 4. The first-order chi connectivity index (χ1) is 10.1. The van der Waals surface area contributed by atoms with Gasteiger partial charge in [-0.1, -0.05) is 23.7 Å². The molecule has 0 aliphatic carbocycles. The first kappa shape index (κ1) is 15.1. The summed E-state index contributed by atoms with van der Waals surface area (Å²) in [4.78, 5) is 11.0. The third kappa shape index (κ3) is 4.10. The molecule has 2 rings (SSSR count). The van der Waals surface area contributed by atoms with Gasteiger partial charge in [0.25, 0.3) is 0 Å². The summed E-state index contributed by atoms with van der Waals surface area (Å²) < 4.78 is 10.3. The summed E-state index contributed by atoms with van der Waals surface area (Å²) >= 11 is 6.09. The van der Waals surface area contributed by atoms with Crippen molar-refractivity contribution in [3.8, 4) is 11.3 Å². The van der Waals surface area contributed by atoms with Crippen LogP contribution < -0.4 is 5.43 Å². The van der Waals surface area contributed by atoms with Gasteiger partial charge in [0.2, 0.25) is 0 Å². The molecule has 0 aliphatic heterocycles. The molecule has 21 heavy (non-hydrogen) atoms. The number of amides is 1. The second-order valence-electron chi connectivity index (χ2n) is 4.26. The highest BCUT2D eigenvalue weighted by molar-refractivity contribution is 6.31. The fourth-order valence-electron chi connectivity index (χ4n) is 1.64. The number of hydrazone groups is 1. The molecular formula is C15H15ClN2O3. The van der Waals surface area contributed by atoms with E-state index >= 15 is 0 Å². The molecule has 110 valence electrons. The maximum Gasteiger partial charge on any atom is 0.427 e. The molecule has 1 heterocycles. The first-order valence-electron chi connectivity index (χ1n) is 6.42. The Hall–Kier alpha value is -2.27. The Balaban J connectivity index is 2.05. The van der Waals surface area contributed by atoms with E-state index < -0.39 is 6.09 Å². The van der Waals surface area contributed by atoms with Crippen LogP contribution in [0.25, 0.3) is 11.3 Å². The van der Waals surface area contributed by atoms with Crippen LogP contribution in [0, 0.1) is 6.92 Å². The summed E-state index contributed by atoms with van der Waals surface area (Å²) in [7, 11) is 0. The lowest BCUT2D eigenvalue weighted by molar-refractivity contribution is 0.152. The van der Waals surface area contributed by atoms with E-state index in [1.807, 2.05) is 31.2 Å². The monoisotopic (exact) mass is 306 g/mol. The Morgan fingerprint density at radius 1 is 1.43 bits per heavy atom. The number of nitrogens with zero attached hydrogens (tertiary/aromatic N) is 1. The maximum atomic E-state index is 11.0. The Labute approximate surface area is 127 Å². The van der Waals surface area contributed by atoms with Gasteiger partial charge >= 0.3 is 6.09 Å². The van der Waals surface area contributed by atoms with Crippen LogP contribution in [0.1, 0.15) is 18.2 Å². The van der Waals surface area contributed by atoms with Gasteiger partial charge in [-0.15, -0.1) is 0 Å². The summed E-state index contributed by atoms with van der Waals surface area (Å²) in [6.45, 7) is 3.95. The molecule has 0 fully saturated rings. The number of hydrogen-bond donors (Lipinski definition) is 1. The highest BCUT2D eigenvalue weighted by Crippen LogP contribution is 2.26. The van der Waals surface area contributed by atoms with Gasteiger partial charge in [-0.25, -0.2) is 10.2 Å². The van der Waals surface area contributed by atoms with E-state index in [1.54, 1.807) is 13.0 Å². The predicted molar refractivity (Wildman–Crippen MR) is 81.6 cm³/mol. The van der Waals surface area contributed by atoms with Gasteiger partial charge < -0.3 is 9.15 Å². The number of furan rings is 1. The second kappa shape index (κ2) is 6.95. The van der Waals surface area contributed by atoms with E-state index in [1.165, 1.54) is 6.21 Å². The molecule has 0 aliphatic rings. The van der Waals surface area contributed by atoms with E-state index in [0.717, 1.165) is 11.1 Å². The lowest BCUT2D eigenvalue weighted by Crippen LogP contribution is -2.18. The van der Waals surface area contributed by atoms with E-state index in [4.69, 9.17) is 16.0 Å². The zero-order chi connectivity index (χ0) is 15.2. The minimum Gasteiger partial charge on any atom is -0.455 e. The van der Waals surface area contributed by atoms with Crippen LogP contribution in [-0.4, -0.2) is 18.9 Å². The average molecular weight is 307 g/mol. The number of benzene rings is 1. The second-order valence-corrected chi connectivity index (χ2v) is 4.66. The zero-order valence-electron chi connectivity index (χ0n) is 11.7. The number of nitrogens with one attached hydrogen (secondary N) is 1. The number of hydrogen-bond acceptors (Lipinski definition) is 4. The highest BCUT2D eigenvalue weighted by Gasteiger charge is 2.05. The lowest BCUT2D eigenvalue weighted by atomic mass is 10.1. The van der Waals surface area contributed by atoms with E-state index in [0.29, 0.717) is 23.2 Å².